The first-order chi connectivity index (χ1) is 9.25. The van der Waals surface area contributed by atoms with E-state index in [1.54, 1.807) is 6.07 Å². The Morgan fingerprint density at radius 3 is 2.50 bits per heavy atom. The maximum Gasteiger partial charge on any atom is 0.418 e. The van der Waals surface area contributed by atoms with E-state index >= 15 is 0 Å². The summed E-state index contributed by atoms with van der Waals surface area (Å²) in [6.45, 7) is 3.88. The van der Waals surface area contributed by atoms with Gasteiger partial charge in [0.1, 0.15) is 0 Å². The third-order valence-corrected chi connectivity index (χ3v) is 2.98. The number of nitriles is 1. The number of benzene rings is 1. The lowest BCUT2D eigenvalue weighted by Crippen LogP contribution is -2.20. The van der Waals surface area contributed by atoms with Gasteiger partial charge in [-0.15, -0.1) is 0 Å². The van der Waals surface area contributed by atoms with E-state index in [1.807, 2.05) is 13.8 Å². The maximum absolute atomic E-state index is 12.8. The summed E-state index contributed by atoms with van der Waals surface area (Å²) in [6.07, 6.45) is -4.71. The van der Waals surface area contributed by atoms with Gasteiger partial charge in [0.25, 0.3) is 0 Å². The third-order valence-electron chi connectivity index (χ3n) is 2.98. The molecule has 1 atom stereocenters. The summed E-state index contributed by atoms with van der Waals surface area (Å²) in [5.41, 5.74) is -0.784. The molecule has 2 N–H and O–H groups in total. The number of anilines is 1. The molecule has 0 fully saturated rings. The van der Waals surface area contributed by atoms with E-state index in [1.165, 1.54) is 6.07 Å². The Morgan fingerprint density at radius 1 is 1.35 bits per heavy atom. The highest BCUT2D eigenvalue weighted by Gasteiger charge is 2.33. The molecule has 0 aliphatic heterocycles. The highest BCUT2D eigenvalue weighted by molar-refractivity contribution is 5.56. The van der Waals surface area contributed by atoms with Crippen molar-refractivity contribution >= 4 is 5.69 Å². The zero-order valence-electron chi connectivity index (χ0n) is 11.3. The van der Waals surface area contributed by atoms with Gasteiger partial charge in [-0.05, 0) is 30.5 Å². The monoisotopic (exact) mass is 286 g/mol. The molecule has 1 rings (SSSR count). The smallest absolute Gasteiger partial charge is 0.393 e. The molecule has 0 bridgehead atoms. The minimum Gasteiger partial charge on any atom is -0.393 e. The minimum absolute atomic E-state index is 0.0457. The summed E-state index contributed by atoms with van der Waals surface area (Å²) < 4.78 is 38.5. The molecule has 0 spiro atoms. The molecule has 0 aliphatic rings. The Labute approximate surface area is 116 Å². The number of aliphatic hydroxyl groups excluding tert-OH is 1. The van der Waals surface area contributed by atoms with Gasteiger partial charge in [-0.1, -0.05) is 13.8 Å². The van der Waals surface area contributed by atoms with Gasteiger partial charge in [0.2, 0.25) is 0 Å². The standard InChI is InChI=1S/C14H17F3N2O/c1-9(2)13(20)5-6-19-12-7-10(8-18)3-4-11(12)14(15,16)17/h3-4,7,9,13,19-20H,5-6H2,1-2H3. The molecule has 0 saturated heterocycles. The van der Waals surface area contributed by atoms with Crippen molar-refractivity contribution in [3.63, 3.8) is 0 Å². The van der Waals surface area contributed by atoms with E-state index in [4.69, 9.17) is 5.26 Å². The second-order valence-electron chi connectivity index (χ2n) is 4.90. The highest BCUT2D eigenvalue weighted by Crippen LogP contribution is 2.35. The van der Waals surface area contributed by atoms with Crippen molar-refractivity contribution in [1.29, 1.82) is 5.26 Å². The predicted octanol–water partition coefficient (Wildman–Crippen LogP) is 3.40. The molecular formula is C14H17F3N2O. The normalized spacial score (nSPS) is 13.1. The quantitative estimate of drug-likeness (QED) is 0.872. The molecule has 1 unspecified atom stereocenters. The van der Waals surface area contributed by atoms with E-state index in [2.05, 4.69) is 5.32 Å². The van der Waals surface area contributed by atoms with Crippen molar-refractivity contribution in [2.45, 2.75) is 32.5 Å². The molecule has 6 heteroatoms. The van der Waals surface area contributed by atoms with Crippen LogP contribution in [0, 0.1) is 17.2 Å². The largest absolute Gasteiger partial charge is 0.418 e. The summed E-state index contributed by atoms with van der Waals surface area (Å²) in [5, 5.41) is 21.0. The molecule has 0 saturated carbocycles. The Hall–Kier alpha value is -1.74. The van der Waals surface area contributed by atoms with Crippen LogP contribution in [0.15, 0.2) is 18.2 Å². The van der Waals surface area contributed by atoms with Crippen molar-refractivity contribution in [2.24, 2.45) is 5.92 Å². The van der Waals surface area contributed by atoms with Crippen molar-refractivity contribution in [2.75, 3.05) is 11.9 Å². The molecule has 0 aromatic heterocycles. The molecule has 0 aliphatic carbocycles. The first-order valence-corrected chi connectivity index (χ1v) is 6.29. The summed E-state index contributed by atoms with van der Waals surface area (Å²) >= 11 is 0. The Bertz CT molecular complexity index is 492. The lowest BCUT2D eigenvalue weighted by Gasteiger charge is -2.17. The second kappa shape index (κ2) is 6.62. The van der Waals surface area contributed by atoms with Crippen LogP contribution in [0.1, 0.15) is 31.4 Å². The van der Waals surface area contributed by atoms with E-state index in [9.17, 15) is 18.3 Å². The van der Waals surface area contributed by atoms with Gasteiger partial charge in [-0.3, -0.25) is 0 Å². The van der Waals surface area contributed by atoms with Crippen molar-refractivity contribution in [3.05, 3.63) is 29.3 Å². The van der Waals surface area contributed by atoms with E-state index in [0.29, 0.717) is 6.42 Å². The summed E-state index contributed by atoms with van der Waals surface area (Å²) in [4.78, 5) is 0. The van der Waals surface area contributed by atoms with Crippen molar-refractivity contribution in [1.82, 2.24) is 0 Å². The van der Waals surface area contributed by atoms with Gasteiger partial charge in [-0.2, -0.15) is 18.4 Å². The lowest BCUT2D eigenvalue weighted by atomic mass is 10.0. The number of alkyl halides is 3. The van der Waals surface area contributed by atoms with Crippen LogP contribution in [0.25, 0.3) is 0 Å². The van der Waals surface area contributed by atoms with Crippen LogP contribution < -0.4 is 5.32 Å². The third kappa shape index (κ3) is 4.42. The molecule has 1 aromatic carbocycles. The first-order valence-electron chi connectivity index (χ1n) is 6.29. The van der Waals surface area contributed by atoms with Gasteiger partial charge in [0.15, 0.2) is 0 Å². The zero-order valence-corrected chi connectivity index (χ0v) is 11.3. The molecule has 0 heterocycles. The summed E-state index contributed by atoms with van der Waals surface area (Å²) in [7, 11) is 0. The van der Waals surface area contributed by atoms with E-state index in [0.717, 1.165) is 12.1 Å². The van der Waals surface area contributed by atoms with E-state index < -0.39 is 17.8 Å². The fourth-order valence-electron chi connectivity index (χ4n) is 1.70. The van der Waals surface area contributed by atoms with Crippen LogP contribution in [0.5, 0.6) is 0 Å². The Morgan fingerprint density at radius 2 is 2.00 bits per heavy atom. The molecule has 20 heavy (non-hydrogen) atoms. The average molecular weight is 286 g/mol. The number of aliphatic hydroxyl groups is 1. The van der Waals surface area contributed by atoms with Crippen LogP contribution in [0.3, 0.4) is 0 Å². The molecule has 0 amide bonds. The highest BCUT2D eigenvalue weighted by atomic mass is 19.4. The Balaban J connectivity index is 2.84. The number of hydrogen-bond donors (Lipinski definition) is 2. The summed E-state index contributed by atoms with van der Waals surface area (Å²) in [6, 6.07) is 5.00. The number of nitrogens with one attached hydrogen (secondary N) is 1. The number of halogens is 3. The second-order valence-corrected chi connectivity index (χ2v) is 4.90. The molecular weight excluding hydrogens is 269 g/mol. The van der Waals surface area contributed by atoms with Crippen LogP contribution in [0.2, 0.25) is 0 Å². The lowest BCUT2D eigenvalue weighted by molar-refractivity contribution is -0.136. The predicted molar refractivity (Wildman–Crippen MR) is 70.1 cm³/mol. The van der Waals surface area contributed by atoms with Crippen LogP contribution in [-0.2, 0) is 6.18 Å². The van der Waals surface area contributed by atoms with Crippen LogP contribution >= 0.6 is 0 Å². The molecule has 0 radical (unpaired) electrons. The zero-order chi connectivity index (χ0) is 15.3. The number of rotatable bonds is 5. The van der Waals surface area contributed by atoms with Crippen molar-refractivity contribution in [3.8, 4) is 6.07 Å². The fraction of sp³-hybridized carbons (Fsp3) is 0.500. The van der Waals surface area contributed by atoms with Gasteiger partial charge >= 0.3 is 6.18 Å². The van der Waals surface area contributed by atoms with Gasteiger partial charge in [-0.25, -0.2) is 0 Å². The topological polar surface area (TPSA) is 56.0 Å². The SMILES string of the molecule is CC(C)C(O)CCNc1cc(C#N)ccc1C(F)(F)F. The Kier molecular flexibility index (Phi) is 5.40. The van der Waals surface area contributed by atoms with Crippen LogP contribution in [-0.4, -0.2) is 17.8 Å². The van der Waals surface area contributed by atoms with Gasteiger partial charge < -0.3 is 10.4 Å². The fourth-order valence-corrected chi connectivity index (χ4v) is 1.70. The molecule has 3 nitrogen and oxygen atoms in total. The average Bonchev–Trinajstić information content (AvgIpc) is 2.36. The minimum atomic E-state index is -4.48. The first kappa shape index (κ1) is 16.3. The van der Waals surface area contributed by atoms with Crippen LogP contribution in [0.4, 0.5) is 18.9 Å². The number of hydrogen-bond acceptors (Lipinski definition) is 3. The molecule has 1 aromatic rings. The maximum atomic E-state index is 12.8. The molecule has 110 valence electrons. The summed E-state index contributed by atoms with van der Waals surface area (Å²) in [5.74, 6) is 0.0457. The van der Waals surface area contributed by atoms with E-state index in [-0.39, 0.29) is 23.7 Å². The number of nitrogens with zero attached hydrogens (tertiary/aromatic N) is 1. The van der Waals surface area contributed by atoms with Gasteiger partial charge in [0.05, 0.1) is 23.3 Å². The van der Waals surface area contributed by atoms with Crippen molar-refractivity contribution < 1.29 is 18.3 Å². The van der Waals surface area contributed by atoms with Gasteiger partial charge in [0, 0.05) is 12.2 Å².